The third-order valence-electron chi connectivity index (χ3n) is 4.51. The summed E-state index contributed by atoms with van der Waals surface area (Å²) >= 11 is 0.991. The number of hydrogen-bond donors (Lipinski definition) is 0. The maximum atomic E-state index is 15.1. The largest absolute Gasteiger partial charge is 0.494 e. The predicted molar refractivity (Wildman–Crippen MR) is 97.3 cm³/mol. The van der Waals surface area contributed by atoms with Crippen LogP contribution in [-0.4, -0.2) is 7.11 Å². The molecule has 25 heavy (non-hydrogen) atoms. The van der Waals surface area contributed by atoms with Crippen LogP contribution in [0.4, 0.5) is 13.2 Å². The highest BCUT2D eigenvalue weighted by Gasteiger charge is 2.20. The third-order valence-corrected chi connectivity index (χ3v) is 5.72. The van der Waals surface area contributed by atoms with Gasteiger partial charge in [-0.3, -0.25) is 0 Å². The fourth-order valence-corrected chi connectivity index (χ4v) is 4.45. The average molecular weight is 360 g/mol. The molecular weight excluding hydrogens is 345 g/mol. The van der Waals surface area contributed by atoms with Gasteiger partial charge in [0.2, 0.25) is 0 Å². The SMILES string of the molecule is CCCc1ccc2cc3c(sc4c(F)c(OC)ccc43)c(F)c2c1F. The zero-order valence-electron chi connectivity index (χ0n) is 13.8. The number of benzene rings is 3. The number of methoxy groups -OCH3 is 1. The molecule has 3 aromatic carbocycles. The molecule has 0 amide bonds. The van der Waals surface area contributed by atoms with Crippen molar-refractivity contribution in [1.82, 2.24) is 0 Å². The highest BCUT2D eigenvalue weighted by molar-refractivity contribution is 7.26. The lowest BCUT2D eigenvalue weighted by Gasteiger charge is -2.07. The van der Waals surface area contributed by atoms with E-state index in [1.165, 1.54) is 13.2 Å². The van der Waals surface area contributed by atoms with Crippen LogP contribution in [0, 0.1) is 17.5 Å². The second-order valence-corrected chi connectivity index (χ2v) is 7.04. The van der Waals surface area contributed by atoms with Crippen molar-refractivity contribution in [1.29, 1.82) is 0 Å². The molecule has 0 unspecified atom stereocenters. The second kappa shape index (κ2) is 5.92. The Balaban J connectivity index is 2.13. The lowest BCUT2D eigenvalue weighted by Crippen LogP contribution is -1.93. The van der Waals surface area contributed by atoms with E-state index in [9.17, 15) is 8.78 Å². The van der Waals surface area contributed by atoms with Gasteiger partial charge in [0.05, 0.1) is 21.9 Å². The standard InChI is InChI=1S/C20H15F3OS/c1-3-4-10-5-6-11-9-13-12-7-8-14(24-2)17(22)19(12)25-20(13)18(23)15(11)16(10)21/h5-9H,3-4H2,1-2H3. The van der Waals surface area contributed by atoms with Crippen LogP contribution < -0.4 is 4.74 Å². The molecule has 1 nitrogen and oxygen atoms in total. The Hall–Kier alpha value is -2.27. The van der Waals surface area contributed by atoms with Gasteiger partial charge in [0.15, 0.2) is 17.4 Å². The topological polar surface area (TPSA) is 9.23 Å². The number of rotatable bonds is 3. The van der Waals surface area contributed by atoms with E-state index in [4.69, 9.17) is 4.74 Å². The van der Waals surface area contributed by atoms with Crippen molar-refractivity contribution in [2.45, 2.75) is 19.8 Å². The summed E-state index contributed by atoms with van der Waals surface area (Å²) in [4.78, 5) is 0. The molecule has 5 heteroatoms. The predicted octanol–water partition coefficient (Wildman–Crippen LogP) is 6.59. The van der Waals surface area contributed by atoms with Crippen molar-refractivity contribution in [2.24, 2.45) is 0 Å². The van der Waals surface area contributed by atoms with Gasteiger partial charge in [-0.15, -0.1) is 11.3 Å². The van der Waals surface area contributed by atoms with E-state index in [1.54, 1.807) is 24.3 Å². The van der Waals surface area contributed by atoms with Crippen LogP contribution in [0.1, 0.15) is 18.9 Å². The van der Waals surface area contributed by atoms with E-state index in [-0.39, 0.29) is 15.8 Å². The minimum Gasteiger partial charge on any atom is -0.494 e. The van der Waals surface area contributed by atoms with Crippen molar-refractivity contribution in [3.63, 3.8) is 0 Å². The smallest absolute Gasteiger partial charge is 0.182 e. The molecule has 0 radical (unpaired) electrons. The minimum absolute atomic E-state index is 0.0163. The van der Waals surface area contributed by atoms with Gasteiger partial charge >= 0.3 is 0 Å². The summed E-state index contributed by atoms with van der Waals surface area (Å²) in [5.41, 5.74) is 0.502. The Bertz CT molecular complexity index is 1130. The van der Waals surface area contributed by atoms with E-state index < -0.39 is 17.5 Å². The van der Waals surface area contributed by atoms with Gasteiger partial charge in [0.25, 0.3) is 0 Å². The zero-order valence-corrected chi connectivity index (χ0v) is 14.6. The van der Waals surface area contributed by atoms with Crippen LogP contribution >= 0.6 is 11.3 Å². The number of hydrogen-bond acceptors (Lipinski definition) is 2. The lowest BCUT2D eigenvalue weighted by atomic mass is 10.0. The number of ether oxygens (including phenoxy) is 1. The zero-order chi connectivity index (χ0) is 17.7. The van der Waals surface area contributed by atoms with Crippen molar-refractivity contribution < 1.29 is 17.9 Å². The number of aryl methyl sites for hydroxylation is 1. The van der Waals surface area contributed by atoms with Gasteiger partial charge in [0.1, 0.15) is 5.82 Å². The first-order valence-electron chi connectivity index (χ1n) is 8.05. The fourth-order valence-electron chi connectivity index (χ4n) is 3.30. The normalized spacial score (nSPS) is 11.7. The molecule has 0 atom stereocenters. The summed E-state index contributed by atoms with van der Waals surface area (Å²) in [5.74, 6) is -1.55. The van der Waals surface area contributed by atoms with Crippen LogP contribution in [0.3, 0.4) is 0 Å². The Labute approximate surface area is 146 Å². The second-order valence-electron chi connectivity index (χ2n) is 6.01. The Morgan fingerprint density at radius 1 is 0.920 bits per heavy atom. The van der Waals surface area contributed by atoms with Crippen molar-refractivity contribution in [2.75, 3.05) is 7.11 Å². The molecular formula is C20H15F3OS. The highest BCUT2D eigenvalue weighted by atomic mass is 32.1. The van der Waals surface area contributed by atoms with Crippen LogP contribution in [0.5, 0.6) is 5.75 Å². The van der Waals surface area contributed by atoms with E-state index >= 15 is 4.39 Å². The average Bonchev–Trinajstić information content (AvgIpc) is 2.98. The lowest BCUT2D eigenvalue weighted by molar-refractivity contribution is 0.389. The van der Waals surface area contributed by atoms with Crippen LogP contribution in [0.25, 0.3) is 30.9 Å². The monoisotopic (exact) mass is 360 g/mol. The first-order chi connectivity index (χ1) is 12.1. The quantitative estimate of drug-likeness (QED) is 0.401. The molecule has 4 rings (SSSR count). The van der Waals surface area contributed by atoms with Crippen molar-refractivity contribution >= 4 is 42.3 Å². The molecule has 4 aromatic rings. The van der Waals surface area contributed by atoms with Gasteiger partial charge in [0, 0.05) is 10.8 Å². The van der Waals surface area contributed by atoms with Crippen molar-refractivity contribution in [3.8, 4) is 5.75 Å². The van der Waals surface area contributed by atoms with E-state index in [0.717, 1.165) is 17.8 Å². The molecule has 0 bridgehead atoms. The maximum absolute atomic E-state index is 15.1. The van der Waals surface area contributed by atoms with Gasteiger partial charge in [-0.2, -0.15) is 0 Å². The molecule has 0 aliphatic carbocycles. The highest BCUT2D eigenvalue weighted by Crippen LogP contribution is 2.42. The molecule has 0 spiro atoms. The third kappa shape index (κ3) is 2.29. The number of thiophene rings is 1. The maximum Gasteiger partial charge on any atom is 0.182 e. The summed E-state index contributed by atoms with van der Waals surface area (Å²) < 4.78 is 50.0. The first-order valence-corrected chi connectivity index (χ1v) is 8.86. The summed E-state index contributed by atoms with van der Waals surface area (Å²) in [6.45, 7) is 1.95. The molecule has 0 aliphatic rings. The first kappa shape index (κ1) is 16.2. The Morgan fingerprint density at radius 3 is 2.40 bits per heavy atom. The van der Waals surface area contributed by atoms with E-state index in [2.05, 4.69) is 0 Å². The summed E-state index contributed by atoms with van der Waals surface area (Å²) in [5, 5.41) is 1.67. The van der Waals surface area contributed by atoms with Gasteiger partial charge in [-0.25, -0.2) is 13.2 Å². The van der Waals surface area contributed by atoms with Gasteiger partial charge < -0.3 is 4.74 Å². The summed E-state index contributed by atoms with van der Waals surface area (Å²) in [6, 6.07) is 8.40. The van der Waals surface area contributed by atoms with Crippen LogP contribution in [0.15, 0.2) is 30.3 Å². The molecule has 0 fully saturated rings. The van der Waals surface area contributed by atoms with Crippen molar-refractivity contribution in [3.05, 3.63) is 53.3 Å². The number of fused-ring (bicyclic) bond motifs is 4. The minimum atomic E-state index is -0.623. The molecule has 0 saturated carbocycles. The molecule has 128 valence electrons. The molecule has 0 saturated heterocycles. The molecule has 1 aromatic heterocycles. The summed E-state index contributed by atoms with van der Waals surface area (Å²) in [7, 11) is 1.39. The summed E-state index contributed by atoms with van der Waals surface area (Å²) in [6.07, 6.45) is 1.33. The molecule has 0 aliphatic heterocycles. The van der Waals surface area contributed by atoms with E-state index in [0.29, 0.717) is 32.8 Å². The molecule has 1 heterocycles. The Kier molecular flexibility index (Phi) is 3.84. The van der Waals surface area contributed by atoms with Gasteiger partial charge in [-0.05, 0) is 35.6 Å². The van der Waals surface area contributed by atoms with Gasteiger partial charge in [-0.1, -0.05) is 25.5 Å². The number of halogens is 3. The fraction of sp³-hybridized carbons (Fsp3) is 0.200. The molecule has 0 N–H and O–H groups in total. The Morgan fingerprint density at radius 2 is 1.68 bits per heavy atom. The van der Waals surface area contributed by atoms with Crippen LogP contribution in [0.2, 0.25) is 0 Å². The van der Waals surface area contributed by atoms with Crippen LogP contribution in [-0.2, 0) is 6.42 Å². The van der Waals surface area contributed by atoms with E-state index in [1.807, 2.05) is 6.92 Å².